The predicted octanol–water partition coefficient (Wildman–Crippen LogP) is 11.3. The van der Waals surface area contributed by atoms with Gasteiger partial charge in [-0.1, -0.05) is 57.0 Å². The standard InChI is InChI=1S/C42H46N4O/c1-8-30-22-31(9-2)42(32(10-3)23-30)41-28(6)44-46(29(41)7)33-19-27(5)20-35(24-33)47-34-15-16-37-36-13-11-12-14-38(36)45(39(37)25-34)40-21-26(4)17-18-43-40/h11-22,24-25,30,32,42H,8-10,23H2,1-7H3/t30-,32-,42?/m0/s1. The van der Waals surface area contributed by atoms with Crippen molar-refractivity contribution in [1.29, 1.82) is 0 Å². The first kappa shape index (κ1) is 31.0. The zero-order valence-corrected chi connectivity index (χ0v) is 28.8. The van der Waals surface area contributed by atoms with Crippen molar-refractivity contribution in [3.63, 3.8) is 0 Å². The first-order valence-electron chi connectivity index (χ1n) is 17.3. The molecular formula is C42H46N4O. The largest absolute Gasteiger partial charge is 0.457 e. The smallest absolute Gasteiger partial charge is 0.137 e. The number of ether oxygens (including phenoxy) is 1. The van der Waals surface area contributed by atoms with Crippen LogP contribution < -0.4 is 4.74 Å². The van der Waals surface area contributed by atoms with Gasteiger partial charge < -0.3 is 4.74 Å². The molecule has 47 heavy (non-hydrogen) atoms. The van der Waals surface area contributed by atoms with Gasteiger partial charge in [0.15, 0.2) is 0 Å². The van der Waals surface area contributed by atoms with Gasteiger partial charge in [-0.15, -0.1) is 0 Å². The second-order valence-corrected chi connectivity index (χ2v) is 13.5. The summed E-state index contributed by atoms with van der Waals surface area (Å²) in [6.45, 7) is 15.7. The van der Waals surface area contributed by atoms with Crippen molar-refractivity contribution in [3.8, 4) is 23.0 Å². The fourth-order valence-corrected chi connectivity index (χ4v) is 8.05. The maximum Gasteiger partial charge on any atom is 0.137 e. The molecule has 3 heterocycles. The average Bonchev–Trinajstić information content (AvgIpc) is 3.56. The van der Waals surface area contributed by atoms with Crippen LogP contribution in [0.3, 0.4) is 0 Å². The Balaban J connectivity index is 1.28. The van der Waals surface area contributed by atoms with Crippen LogP contribution in [0.4, 0.5) is 0 Å². The molecule has 0 saturated heterocycles. The van der Waals surface area contributed by atoms with Gasteiger partial charge >= 0.3 is 0 Å². The Hall–Kier alpha value is -4.64. The lowest BCUT2D eigenvalue weighted by atomic mass is 9.68. The van der Waals surface area contributed by atoms with Gasteiger partial charge in [0.2, 0.25) is 0 Å². The van der Waals surface area contributed by atoms with Crippen molar-refractivity contribution in [1.82, 2.24) is 19.3 Å². The number of hydrogen-bond acceptors (Lipinski definition) is 3. The van der Waals surface area contributed by atoms with E-state index in [0.717, 1.165) is 51.7 Å². The van der Waals surface area contributed by atoms with E-state index in [1.807, 2.05) is 12.3 Å². The molecule has 0 bridgehead atoms. The number of aromatic nitrogens is 4. The Morgan fingerprint density at radius 1 is 0.787 bits per heavy atom. The van der Waals surface area contributed by atoms with Gasteiger partial charge in [0.25, 0.3) is 0 Å². The highest BCUT2D eigenvalue weighted by atomic mass is 16.5. The Kier molecular flexibility index (Phi) is 8.25. The van der Waals surface area contributed by atoms with Gasteiger partial charge in [-0.05, 0) is 112 Å². The van der Waals surface area contributed by atoms with E-state index in [9.17, 15) is 0 Å². The Bertz CT molecular complexity index is 2130. The van der Waals surface area contributed by atoms with Gasteiger partial charge in [0.05, 0.1) is 22.4 Å². The van der Waals surface area contributed by atoms with Crippen LogP contribution in [0.5, 0.6) is 11.5 Å². The SMILES string of the molecule is CCC1=C[C@H](CC)C[C@H](CC)C1c1c(C)nn(-c2cc(C)cc(Oc3ccc4c5ccccc5n(-c5cc(C)ccn5)c4c3)c2)c1C. The molecule has 7 rings (SSSR count). The van der Waals surface area contributed by atoms with E-state index in [-0.39, 0.29) is 0 Å². The molecular weight excluding hydrogens is 576 g/mol. The molecule has 0 radical (unpaired) electrons. The second-order valence-electron chi connectivity index (χ2n) is 13.5. The number of rotatable bonds is 8. The van der Waals surface area contributed by atoms with Gasteiger partial charge in [-0.25, -0.2) is 9.67 Å². The molecule has 0 fully saturated rings. The van der Waals surface area contributed by atoms with Crippen LogP contribution in [-0.4, -0.2) is 19.3 Å². The van der Waals surface area contributed by atoms with E-state index in [4.69, 9.17) is 14.8 Å². The molecule has 3 aromatic heterocycles. The van der Waals surface area contributed by atoms with Crippen LogP contribution in [0.25, 0.3) is 33.3 Å². The summed E-state index contributed by atoms with van der Waals surface area (Å²) in [5, 5.41) is 7.54. The van der Waals surface area contributed by atoms with Crippen LogP contribution in [-0.2, 0) is 0 Å². The lowest BCUT2D eigenvalue weighted by molar-refractivity contribution is 0.330. The Labute approximate surface area is 278 Å². The summed E-state index contributed by atoms with van der Waals surface area (Å²) < 4.78 is 11.0. The van der Waals surface area contributed by atoms with E-state index in [1.165, 1.54) is 46.9 Å². The molecule has 1 aliphatic rings. The highest BCUT2D eigenvalue weighted by Crippen LogP contribution is 2.46. The maximum atomic E-state index is 6.64. The molecule has 1 aliphatic carbocycles. The molecule has 0 spiro atoms. The predicted molar refractivity (Wildman–Crippen MR) is 194 cm³/mol. The summed E-state index contributed by atoms with van der Waals surface area (Å²) in [6.07, 6.45) is 9.21. The summed E-state index contributed by atoms with van der Waals surface area (Å²) in [5.74, 6) is 4.26. The summed E-state index contributed by atoms with van der Waals surface area (Å²) >= 11 is 0. The molecule has 5 heteroatoms. The third-order valence-corrected chi connectivity index (χ3v) is 10.3. The third kappa shape index (κ3) is 5.56. The average molecular weight is 623 g/mol. The first-order chi connectivity index (χ1) is 22.8. The van der Waals surface area contributed by atoms with Crippen molar-refractivity contribution < 1.29 is 4.74 Å². The quantitative estimate of drug-likeness (QED) is 0.159. The van der Waals surface area contributed by atoms with Crippen molar-refractivity contribution in [2.24, 2.45) is 11.8 Å². The van der Waals surface area contributed by atoms with Crippen LogP contribution >= 0.6 is 0 Å². The van der Waals surface area contributed by atoms with Gasteiger partial charge in [-0.2, -0.15) is 5.10 Å². The monoisotopic (exact) mass is 622 g/mol. The highest BCUT2D eigenvalue weighted by Gasteiger charge is 2.34. The zero-order chi connectivity index (χ0) is 32.8. The maximum absolute atomic E-state index is 6.64. The lowest BCUT2D eigenvalue weighted by Gasteiger charge is -2.36. The summed E-state index contributed by atoms with van der Waals surface area (Å²) in [4.78, 5) is 4.74. The number of nitrogens with zero attached hydrogens (tertiary/aromatic N) is 4. The number of pyridine rings is 1. The molecule has 5 nitrogen and oxygen atoms in total. The normalized spacial score (nSPS) is 18.2. The number of hydrogen-bond donors (Lipinski definition) is 0. The topological polar surface area (TPSA) is 44.9 Å². The van der Waals surface area contributed by atoms with E-state index in [2.05, 4.69) is 131 Å². The van der Waals surface area contributed by atoms with Gasteiger partial charge in [0.1, 0.15) is 17.3 Å². The van der Waals surface area contributed by atoms with Crippen molar-refractivity contribution in [3.05, 3.63) is 119 Å². The molecule has 6 aromatic rings. The molecule has 1 unspecified atom stereocenters. The number of allylic oxidation sites excluding steroid dienone is 2. The Morgan fingerprint density at radius 2 is 1.60 bits per heavy atom. The summed E-state index contributed by atoms with van der Waals surface area (Å²) in [6, 6.07) is 25.5. The number of benzene rings is 3. The van der Waals surface area contributed by atoms with Crippen LogP contribution in [0.2, 0.25) is 0 Å². The zero-order valence-electron chi connectivity index (χ0n) is 28.8. The molecule has 0 N–H and O–H groups in total. The van der Waals surface area contributed by atoms with Crippen molar-refractivity contribution in [2.75, 3.05) is 0 Å². The minimum Gasteiger partial charge on any atom is -0.457 e. The van der Waals surface area contributed by atoms with E-state index in [0.29, 0.717) is 17.8 Å². The molecule has 0 amide bonds. The van der Waals surface area contributed by atoms with Crippen LogP contribution in [0, 0.1) is 39.5 Å². The number of fused-ring (bicyclic) bond motifs is 3. The fraction of sp³-hybridized carbons (Fsp3) is 0.333. The lowest BCUT2D eigenvalue weighted by Crippen LogP contribution is -2.24. The van der Waals surface area contributed by atoms with E-state index in [1.54, 1.807) is 5.57 Å². The molecule has 240 valence electrons. The van der Waals surface area contributed by atoms with Gasteiger partial charge in [-0.3, -0.25) is 4.57 Å². The summed E-state index contributed by atoms with van der Waals surface area (Å²) in [5.41, 5.74) is 10.9. The number of para-hydroxylation sites is 1. The fourth-order valence-electron chi connectivity index (χ4n) is 8.05. The third-order valence-electron chi connectivity index (χ3n) is 10.3. The van der Waals surface area contributed by atoms with Crippen LogP contribution in [0.1, 0.15) is 80.5 Å². The van der Waals surface area contributed by atoms with Crippen molar-refractivity contribution >= 4 is 21.8 Å². The Morgan fingerprint density at radius 3 is 2.36 bits per heavy atom. The minimum atomic E-state index is 0.434. The van der Waals surface area contributed by atoms with E-state index < -0.39 is 0 Å². The van der Waals surface area contributed by atoms with Crippen LogP contribution in [0.15, 0.2) is 90.6 Å². The summed E-state index contributed by atoms with van der Waals surface area (Å²) in [7, 11) is 0. The molecule has 3 atom stereocenters. The number of aryl methyl sites for hydroxylation is 3. The van der Waals surface area contributed by atoms with E-state index >= 15 is 0 Å². The highest BCUT2D eigenvalue weighted by molar-refractivity contribution is 6.09. The van der Waals surface area contributed by atoms with Crippen molar-refractivity contribution in [2.45, 2.75) is 80.1 Å². The molecule has 3 aromatic carbocycles. The minimum absolute atomic E-state index is 0.434. The first-order valence-corrected chi connectivity index (χ1v) is 17.3. The van der Waals surface area contributed by atoms with Gasteiger partial charge in [0, 0.05) is 46.3 Å². The molecule has 0 saturated carbocycles. The second kappa shape index (κ2) is 12.5. The molecule has 0 aliphatic heterocycles.